The molecule has 96 valence electrons. The second-order valence-electron chi connectivity index (χ2n) is 5.28. The molecule has 1 rings (SSSR count). The number of benzene rings is 1. The smallest absolute Gasteiger partial charge is 0.123 e. The number of rotatable bonds is 6. The lowest BCUT2D eigenvalue weighted by atomic mass is 9.78. The fraction of sp³-hybridized carbons (Fsp3) is 0.600. The first-order chi connectivity index (χ1) is 8.01. The van der Waals surface area contributed by atoms with E-state index < -0.39 is 0 Å². The zero-order chi connectivity index (χ0) is 12.9. The van der Waals surface area contributed by atoms with Gasteiger partial charge >= 0.3 is 0 Å². The van der Waals surface area contributed by atoms with Gasteiger partial charge in [-0.25, -0.2) is 4.39 Å². The van der Waals surface area contributed by atoms with E-state index in [2.05, 4.69) is 33.0 Å². The largest absolute Gasteiger partial charge is 0.309 e. The van der Waals surface area contributed by atoms with Crippen LogP contribution in [0, 0.1) is 11.2 Å². The van der Waals surface area contributed by atoms with Crippen LogP contribution in [0.5, 0.6) is 0 Å². The Balaban J connectivity index is 2.97. The molecule has 0 aromatic heterocycles. The molecule has 0 saturated carbocycles. The predicted molar refractivity (Wildman–Crippen MR) is 71.5 cm³/mol. The van der Waals surface area contributed by atoms with Gasteiger partial charge in [-0.15, -0.1) is 0 Å². The molecule has 1 unspecified atom stereocenters. The van der Waals surface area contributed by atoms with Crippen molar-refractivity contribution < 1.29 is 4.39 Å². The van der Waals surface area contributed by atoms with Crippen LogP contribution in [0.25, 0.3) is 0 Å². The van der Waals surface area contributed by atoms with Crippen LogP contribution >= 0.6 is 0 Å². The van der Waals surface area contributed by atoms with Gasteiger partial charge in [0.15, 0.2) is 0 Å². The van der Waals surface area contributed by atoms with Gasteiger partial charge in [0.2, 0.25) is 0 Å². The Hall–Kier alpha value is -0.890. The van der Waals surface area contributed by atoms with Crippen molar-refractivity contribution in [1.29, 1.82) is 0 Å². The van der Waals surface area contributed by atoms with Crippen LogP contribution in [0.3, 0.4) is 0 Å². The molecule has 2 heteroatoms. The van der Waals surface area contributed by atoms with Crippen LogP contribution in [0.1, 0.15) is 52.1 Å². The molecule has 0 spiro atoms. The molecule has 0 heterocycles. The SMILES string of the molecule is CCCNC(c1cccc(F)c1)C(C)(C)CC. The summed E-state index contributed by atoms with van der Waals surface area (Å²) >= 11 is 0. The van der Waals surface area contributed by atoms with Crippen molar-refractivity contribution in [3.8, 4) is 0 Å². The predicted octanol–water partition coefficient (Wildman–Crippen LogP) is 4.30. The number of hydrogen-bond acceptors (Lipinski definition) is 1. The highest BCUT2D eigenvalue weighted by Crippen LogP contribution is 2.36. The maximum Gasteiger partial charge on any atom is 0.123 e. The van der Waals surface area contributed by atoms with E-state index in [0.717, 1.165) is 24.9 Å². The lowest BCUT2D eigenvalue weighted by molar-refractivity contribution is 0.234. The summed E-state index contributed by atoms with van der Waals surface area (Å²) in [6.07, 6.45) is 2.15. The molecule has 0 aliphatic heterocycles. The van der Waals surface area contributed by atoms with Crippen molar-refractivity contribution in [1.82, 2.24) is 5.32 Å². The summed E-state index contributed by atoms with van der Waals surface area (Å²) in [4.78, 5) is 0. The van der Waals surface area contributed by atoms with Gasteiger partial charge in [0.05, 0.1) is 0 Å². The van der Waals surface area contributed by atoms with E-state index >= 15 is 0 Å². The van der Waals surface area contributed by atoms with E-state index in [1.165, 1.54) is 6.07 Å². The third-order valence-corrected chi connectivity index (χ3v) is 3.47. The first-order valence-corrected chi connectivity index (χ1v) is 6.50. The first-order valence-electron chi connectivity index (χ1n) is 6.50. The van der Waals surface area contributed by atoms with Crippen molar-refractivity contribution in [2.45, 2.75) is 46.6 Å². The fourth-order valence-corrected chi connectivity index (χ4v) is 2.02. The Kier molecular flexibility index (Phi) is 5.13. The van der Waals surface area contributed by atoms with Crippen LogP contribution in [0.4, 0.5) is 4.39 Å². The van der Waals surface area contributed by atoms with Gasteiger partial charge in [-0.05, 0) is 42.5 Å². The van der Waals surface area contributed by atoms with Gasteiger partial charge in [-0.3, -0.25) is 0 Å². The van der Waals surface area contributed by atoms with Gasteiger partial charge in [-0.2, -0.15) is 0 Å². The molecule has 0 amide bonds. The molecule has 0 fully saturated rings. The van der Waals surface area contributed by atoms with Crippen LogP contribution in [0.2, 0.25) is 0 Å². The van der Waals surface area contributed by atoms with Gasteiger partial charge in [0.1, 0.15) is 5.82 Å². The quantitative estimate of drug-likeness (QED) is 0.777. The fourth-order valence-electron chi connectivity index (χ4n) is 2.02. The Morgan fingerprint density at radius 2 is 2.00 bits per heavy atom. The highest BCUT2D eigenvalue weighted by atomic mass is 19.1. The van der Waals surface area contributed by atoms with Gasteiger partial charge < -0.3 is 5.32 Å². The number of halogens is 1. The van der Waals surface area contributed by atoms with Crippen molar-refractivity contribution in [3.63, 3.8) is 0 Å². The van der Waals surface area contributed by atoms with E-state index in [4.69, 9.17) is 0 Å². The average Bonchev–Trinajstić information content (AvgIpc) is 2.29. The molecule has 1 aromatic rings. The highest BCUT2D eigenvalue weighted by Gasteiger charge is 2.28. The second-order valence-corrected chi connectivity index (χ2v) is 5.28. The molecule has 1 N–H and O–H groups in total. The van der Waals surface area contributed by atoms with Crippen molar-refractivity contribution >= 4 is 0 Å². The summed E-state index contributed by atoms with van der Waals surface area (Å²) in [5.74, 6) is -0.155. The molecule has 0 aliphatic rings. The maximum atomic E-state index is 13.3. The molecule has 17 heavy (non-hydrogen) atoms. The molecule has 0 radical (unpaired) electrons. The summed E-state index contributed by atoms with van der Waals surface area (Å²) in [5, 5.41) is 3.54. The third-order valence-electron chi connectivity index (χ3n) is 3.47. The van der Waals surface area contributed by atoms with E-state index in [1.807, 2.05) is 6.07 Å². The molecule has 1 aromatic carbocycles. The normalized spacial score (nSPS) is 13.7. The Morgan fingerprint density at radius 3 is 2.53 bits per heavy atom. The average molecular weight is 237 g/mol. The minimum absolute atomic E-state index is 0.128. The summed E-state index contributed by atoms with van der Waals surface area (Å²) in [7, 11) is 0. The molecule has 0 saturated heterocycles. The van der Waals surface area contributed by atoms with E-state index in [0.29, 0.717) is 0 Å². The van der Waals surface area contributed by atoms with E-state index in [-0.39, 0.29) is 17.3 Å². The third kappa shape index (κ3) is 3.81. The van der Waals surface area contributed by atoms with Gasteiger partial charge in [-0.1, -0.05) is 39.8 Å². The standard InChI is InChI=1S/C15H24FN/c1-5-10-17-14(15(3,4)6-2)12-8-7-9-13(16)11-12/h7-9,11,14,17H,5-6,10H2,1-4H3. The second kappa shape index (κ2) is 6.15. The van der Waals surface area contributed by atoms with Crippen LogP contribution in [-0.4, -0.2) is 6.54 Å². The highest BCUT2D eigenvalue weighted by molar-refractivity contribution is 5.22. The lowest BCUT2D eigenvalue weighted by Gasteiger charge is -2.35. The van der Waals surface area contributed by atoms with Crippen LogP contribution < -0.4 is 5.32 Å². The monoisotopic (exact) mass is 237 g/mol. The molecule has 1 atom stereocenters. The lowest BCUT2D eigenvalue weighted by Crippen LogP contribution is -2.34. The Bertz CT molecular complexity index is 347. The molecule has 0 aliphatic carbocycles. The molecule has 0 bridgehead atoms. The number of hydrogen-bond donors (Lipinski definition) is 1. The maximum absolute atomic E-state index is 13.3. The van der Waals surface area contributed by atoms with Crippen molar-refractivity contribution in [2.24, 2.45) is 5.41 Å². The van der Waals surface area contributed by atoms with Gasteiger partial charge in [0, 0.05) is 6.04 Å². The van der Waals surface area contributed by atoms with Crippen LogP contribution in [-0.2, 0) is 0 Å². The van der Waals surface area contributed by atoms with Gasteiger partial charge in [0.25, 0.3) is 0 Å². The molecule has 1 nitrogen and oxygen atoms in total. The van der Waals surface area contributed by atoms with Crippen molar-refractivity contribution in [2.75, 3.05) is 6.54 Å². The Labute approximate surface area is 104 Å². The summed E-state index contributed by atoms with van der Waals surface area (Å²) in [6, 6.07) is 7.15. The minimum atomic E-state index is -0.155. The van der Waals surface area contributed by atoms with Crippen LogP contribution in [0.15, 0.2) is 24.3 Å². The first kappa shape index (κ1) is 14.2. The summed E-state index contributed by atoms with van der Waals surface area (Å²) < 4.78 is 13.3. The van der Waals surface area contributed by atoms with E-state index in [1.54, 1.807) is 12.1 Å². The zero-order valence-corrected chi connectivity index (χ0v) is 11.4. The Morgan fingerprint density at radius 1 is 1.29 bits per heavy atom. The summed E-state index contributed by atoms with van der Waals surface area (Å²) in [5.41, 5.74) is 1.17. The number of nitrogens with one attached hydrogen (secondary N) is 1. The summed E-state index contributed by atoms with van der Waals surface area (Å²) in [6.45, 7) is 9.75. The minimum Gasteiger partial charge on any atom is -0.309 e. The van der Waals surface area contributed by atoms with E-state index in [9.17, 15) is 4.39 Å². The molecular formula is C15H24FN. The molecular weight excluding hydrogens is 213 g/mol. The van der Waals surface area contributed by atoms with Crippen molar-refractivity contribution in [3.05, 3.63) is 35.6 Å². The topological polar surface area (TPSA) is 12.0 Å². The zero-order valence-electron chi connectivity index (χ0n) is 11.4.